The van der Waals surface area contributed by atoms with E-state index in [1.807, 2.05) is 72.6 Å². The fraction of sp³-hybridized carbons (Fsp3) is 0.143. The van der Waals surface area contributed by atoms with Gasteiger partial charge in [-0.2, -0.15) is 0 Å². The van der Waals surface area contributed by atoms with Gasteiger partial charge in [0.25, 0.3) is 0 Å². The lowest BCUT2D eigenvalue weighted by atomic mass is 9.78. The van der Waals surface area contributed by atoms with Gasteiger partial charge in [0, 0.05) is 41.3 Å². The summed E-state index contributed by atoms with van der Waals surface area (Å²) >= 11 is 0. The quantitative estimate of drug-likeness (QED) is 0.178. The third kappa shape index (κ3) is 4.81. The molecule has 0 aliphatic rings. The van der Waals surface area contributed by atoms with Crippen molar-refractivity contribution < 1.29 is 13.2 Å². The second-order valence-electron chi connectivity index (χ2n) is 13.0. The maximum Gasteiger partial charge on any atom is 0.159 e. The number of nitrogens with zero attached hydrogens (tertiary/aromatic N) is 2. The van der Waals surface area contributed by atoms with Crippen molar-refractivity contribution in [1.29, 1.82) is 0 Å². The largest absolute Gasteiger partial charge is 0.454 e. The van der Waals surface area contributed by atoms with Crippen LogP contribution in [0.1, 0.15) is 25.0 Å². The summed E-state index contributed by atoms with van der Waals surface area (Å²) in [4.78, 5) is 4.12. The molecular formula is C42H35FN2O2. The smallest absolute Gasteiger partial charge is 0.159 e. The summed E-state index contributed by atoms with van der Waals surface area (Å²) in [6.45, 7) is 4.51. The molecule has 0 spiro atoms. The summed E-state index contributed by atoms with van der Waals surface area (Å²) in [5.41, 5.74) is 8.72. The van der Waals surface area contributed by atoms with Crippen LogP contribution in [-0.4, -0.2) is 14.1 Å². The average molecular weight is 619 g/mol. The molecule has 0 bridgehead atoms. The molecule has 4 nitrogen and oxygen atoms in total. The van der Waals surface area contributed by atoms with Crippen molar-refractivity contribution in [3.63, 3.8) is 0 Å². The molecule has 0 radical (unpaired) electrons. The highest BCUT2D eigenvalue weighted by Crippen LogP contribution is 2.42. The summed E-state index contributed by atoms with van der Waals surface area (Å²) in [7, 11) is 4.00. The molecular weight excluding hydrogens is 583 g/mol. The maximum atomic E-state index is 15.5. The first-order valence-corrected chi connectivity index (χ1v) is 16.0. The molecule has 0 fully saturated rings. The second kappa shape index (κ2) is 11.1. The van der Waals surface area contributed by atoms with Gasteiger partial charge >= 0.3 is 0 Å². The van der Waals surface area contributed by atoms with Gasteiger partial charge in [-0.1, -0.05) is 98.8 Å². The van der Waals surface area contributed by atoms with Gasteiger partial charge in [0.05, 0.1) is 17.1 Å². The van der Waals surface area contributed by atoms with Gasteiger partial charge in [0.1, 0.15) is 17.0 Å². The summed E-state index contributed by atoms with van der Waals surface area (Å²) in [5.74, 6) is -0.277. The highest BCUT2D eigenvalue weighted by atomic mass is 19.1. The third-order valence-corrected chi connectivity index (χ3v) is 9.50. The van der Waals surface area contributed by atoms with Gasteiger partial charge in [0.2, 0.25) is 0 Å². The zero-order valence-corrected chi connectivity index (χ0v) is 26.9. The highest BCUT2D eigenvalue weighted by molar-refractivity contribution is 6.10. The third-order valence-electron chi connectivity index (χ3n) is 9.50. The number of hydrogen-bond donors (Lipinski definition) is 0. The lowest BCUT2D eigenvalue weighted by Crippen LogP contribution is -2.24. The summed E-state index contributed by atoms with van der Waals surface area (Å²) in [6.07, 6.45) is 0.711. The van der Waals surface area contributed by atoms with Crippen molar-refractivity contribution in [1.82, 2.24) is 0 Å². The molecule has 0 N–H and O–H groups in total. The molecule has 5 heteroatoms. The molecule has 0 aliphatic heterocycles. The van der Waals surface area contributed by atoms with Crippen molar-refractivity contribution in [3.8, 4) is 0 Å². The molecule has 0 atom stereocenters. The minimum Gasteiger partial charge on any atom is -0.454 e. The van der Waals surface area contributed by atoms with Crippen LogP contribution in [0.2, 0.25) is 0 Å². The van der Waals surface area contributed by atoms with E-state index in [-0.39, 0.29) is 11.2 Å². The predicted molar refractivity (Wildman–Crippen MR) is 193 cm³/mol. The van der Waals surface area contributed by atoms with Crippen molar-refractivity contribution in [2.45, 2.75) is 25.7 Å². The van der Waals surface area contributed by atoms with Crippen LogP contribution < -0.4 is 9.80 Å². The van der Waals surface area contributed by atoms with Crippen LogP contribution in [-0.2, 0) is 11.8 Å². The Kier molecular flexibility index (Phi) is 6.80. The Labute approximate surface area is 273 Å². The maximum absolute atomic E-state index is 15.5. The standard InChI is InChI=1S/C42H35FN2O2/c1-42(2,32-17-7-8-18-34(32)44(3)35-19-11-15-30-28-13-5-9-21-38(28)46-40(30)35)26-27-23-24-33(43)37(25-27)45(4)36-20-12-16-31-29-14-6-10-22-39(29)47-41(31)36/h5-25H,26H2,1-4H3. The van der Waals surface area contributed by atoms with Crippen LogP contribution in [0.4, 0.5) is 27.1 Å². The average Bonchev–Trinajstić information content (AvgIpc) is 3.67. The zero-order valence-electron chi connectivity index (χ0n) is 26.9. The predicted octanol–water partition coefficient (Wildman–Crippen LogP) is 11.7. The molecule has 0 saturated carbocycles. The van der Waals surface area contributed by atoms with E-state index in [0.29, 0.717) is 12.1 Å². The van der Waals surface area contributed by atoms with E-state index in [1.165, 1.54) is 5.56 Å². The van der Waals surface area contributed by atoms with E-state index in [9.17, 15) is 0 Å². The van der Waals surface area contributed by atoms with E-state index in [1.54, 1.807) is 6.07 Å². The first kappa shape index (κ1) is 28.9. The Balaban J connectivity index is 1.14. The number of fused-ring (bicyclic) bond motifs is 6. The zero-order chi connectivity index (χ0) is 32.3. The Morgan fingerprint density at radius 2 is 1.02 bits per heavy atom. The monoisotopic (exact) mass is 618 g/mol. The Bertz CT molecular complexity index is 2440. The van der Waals surface area contributed by atoms with Crippen molar-refractivity contribution >= 4 is 66.6 Å². The van der Waals surface area contributed by atoms with E-state index in [4.69, 9.17) is 8.83 Å². The van der Waals surface area contributed by atoms with Crippen LogP contribution in [0.3, 0.4) is 0 Å². The molecule has 6 aromatic carbocycles. The van der Waals surface area contributed by atoms with Crippen LogP contribution in [0.15, 0.2) is 136 Å². The van der Waals surface area contributed by atoms with Gasteiger partial charge in [-0.15, -0.1) is 0 Å². The van der Waals surface area contributed by atoms with E-state index in [0.717, 1.165) is 66.5 Å². The lowest BCUT2D eigenvalue weighted by Gasteiger charge is -2.32. The number of hydrogen-bond acceptors (Lipinski definition) is 4. The molecule has 0 aliphatic carbocycles. The molecule has 8 aromatic rings. The first-order chi connectivity index (χ1) is 22.8. The number of furan rings is 2. The van der Waals surface area contributed by atoms with Gasteiger partial charge in [-0.05, 0) is 65.4 Å². The van der Waals surface area contributed by atoms with Gasteiger partial charge < -0.3 is 18.6 Å². The fourth-order valence-corrected chi connectivity index (χ4v) is 7.12. The van der Waals surface area contributed by atoms with Gasteiger partial charge in [-0.3, -0.25) is 0 Å². The second-order valence-corrected chi connectivity index (χ2v) is 13.0. The number of rotatable bonds is 7. The van der Waals surface area contributed by atoms with Crippen LogP contribution in [0.5, 0.6) is 0 Å². The lowest BCUT2D eigenvalue weighted by molar-refractivity contribution is 0.522. The van der Waals surface area contributed by atoms with Crippen LogP contribution in [0, 0.1) is 5.82 Å². The number of para-hydroxylation sites is 5. The van der Waals surface area contributed by atoms with Crippen molar-refractivity contribution in [3.05, 3.63) is 144 Å². The summed E-state index contributed by atoms with van der Waals surface area (Å²) in [5, 5.41) is 4.28. The van der Waals surface area contributed by atoms with E-state index in [2.05, 4.69) is 86.5 Å². The molecule has 0 amide bonds. The topological polar surface area (TPSA) is 32.8 Å². The van der Waals surface area contributed by atoms with Crippen molar-refractivity contribution in [2.75, 3.05) is 23.9 Å². The molecule has 232 valence electrons. The molecule has 2 aromatic heterocycles. The number of halogens is 1. The van der Waals surface area contributed by atoms with E-state index >= 15 is 4.39 Å². The number of anilines is 4. The molecule has 0 saturated heterocycles. The minimum atomic E-state index is -0.279. The molecule has 47 heavy (non-hydrogen) atoms. The van der Waals surface area contributed by atoms with Gasteiger partial charge in [-0.25, -0.2) is 4.39 Å². The van der Waals surface area contributed by atoms with Crippen LogP contribution in [0.25, 0.3) is 43.9 Å². The summed E-state index contributed by atoms with van der Waals surface area (Å²) < 4.78 is 28.2. The first-order valence-electron chi connectivity index (χ1n) is 16.0. The normalized spacial score (nSPS) is 12.0. The highest BCUT2D eigenvalue weighted by Gasteiger charge is 2.27. The van der Waals surface area contributed by atoms with Crippen molar-refractivity contribution in [2.24, 2.45) is 0 Å². The number of benzene rings is 6. The molecule has 2 heterocycles. The Morgan fingerprint density at radius 1 is 0.532 bits per heavy atom. The Morgan fingerprint density at radius 3 is 1.64 bits per heavy atom. The minimum absolute atomic E-state index is 0.277. The SMILES string of the molecule is CN(c1cc(CC(C)(C)c2ccccc2N(C)c2cccc3c2oc2ccccc23)ccc1F)c1cccc2c1oc1ccccc12. The fourth-order valence-electron chi connectivity index (χ4n) is 7.12. The molecule has 0 unspecified atom stereocenters. The molecule has 8 rings (SSSR count). The summed E-state index contributed by atoms with van der Waals surface area (Å²) in [6, 6.07) is 42.5. The van der Waals surface area contributed by atoms with Gasteiger partial charge in [0.15, 0.2) is 11.2 Å². The van der Waals surface area contributed by atoms with E-state index < -0.39 is 0 Å². The van der Waals surface area contributed by atoms with Crippen LogP contribution >= 0.6 is 0 Å². The Hall–Kier alpha value is -5.55.